The van der Waals surface area contributed by atoms with Gasteiger partial charge in [-0.15, -0.1) is 0 Å². The van der Waals surface area contributed by atoms with E-state index in [2.05, 4.69) is 10.1 Å². The second-order valence-corrected chi connectivity index (χ2v) is 6.36. The topological polar surface area (TPSA) is 64.6 Å². The lowest BCUT2D eigenvalue weighted by atomic mass is 10.1. The summed E-state index contributed by atoms with van der Waals surface area (Å²) in [4.78, 5) is 23.4. The van der Waals surface area contributed by atoms with E-state index in [9.17, 15) is 9.59 Å². The molecule has 1 aliphatic heterocycles. The Morgan fingerprint density at radius 1 is 1.39 bits per heavy atom. The molecule has 1 aromatic rings. The second kappa shape index (κ2) is 7.94. The molecular formula is C16H15NO4S2. The number of allylic oxidation sites excluding steroid dienone is 2. The fourth-order valence-corrected chi connectivity index (χ4v) is 2.94. The van der Waals surface area contributed by atoms with Crippen molar-refractivity contribution in [3.63, 3.8) is 0 Å². The number of amides is 1. The molecule has 0 saturated carbocycles. The van der Waals surface area contributed by atoms with Crippen LogP contribution in [0.1, 0.15) is 12.5 Å². The summed E-state index contributed by atoms with van der Waals surface area (Å²) in [6.45, 7) is 1.72. The van der Waals surface area contributed by atoms with Crippen molar-refractivity contribution in [2.45, 2.75) is 6.92 Å². The van der Waals surface area contributed by atoms with Gasteiger partial charge in [0.2, 0.25) is 0 Å². The molecule has 2 rings (SSSR count). The molecule has 0 spiro atoms. The number of methoxy groups -OCH3 is 1. The quantitative estimate of drug-likeness (QED) is 0.501. The van der Waals surface area contributed by atoms with Crippen molar-refractivity contribution in [3.8, 4) is 5.75 Å². The molecule has 23 heavy (non-hydrogen) atoms. The highest BCUT2D eigenvalue weighted by molar-refractivity contribution is 8.26. The first kappa shape index (κ1) is 17.2. The lowest BCUT2D eigenvalue weighted by Crippen LogP contribution is -2.17. The molecule has 7 heteroatoms. The lowest BCUT2D eigenvalue weighted by Gasteiger charge is -2.08. The van der Waals surface area contributed by atoms with Crippen LogP contribution in [0.4, 0.5) is 0 Å². The zero-order valence-electron chi connectivity index (χ0n) is 12.6. The molecule has 1 heterocycles. The smallest absolute Gasteiger partial charge is 0.343 e. The van der Waals surface area contributed by atoms with Crippen LogP contribution in [0.15, 0.2) is 40.8 Å². The summed E-state index contributed by atoms with van der Waals surface area (Å²) in [5, 5.41) is 2.57. The number of carbonyl (C=O) groups excluding carboxylic acids is 2. The van der Waals surface area contributed by atoms with E-state index >= 15 is 0 Å². The van der Waals surface area contributed by atoms with E-state index in [1.165, 1.54) is 18.9 Å². The summed E-state index contributed by atoms with van der Waals surface area (Å²) in [5.41, 5.74) is 1.67. The molecular weight excluding hydrogens is 334 g/mol. The molecule has 0 radical (unpaired) electrons. The maximum absolute atomic E-state index is 11.7. The normalized spacial score (nSPS) is 16.4. The van der Waals surface area contributed by atoms with Crippen molar-refractivity contribution >= 4 is 46.3 Å². The molecule has 120 valence electrons. The average Bonchev–Trinajstić information content (AvgIpc) is 2.83. The van der Waals surface area contributed by atoms with Gasteiger partial charge in [-0.2, -0.15) is 0 Å². The van der Waals surface area contributed by atoms with Crippen LogP contribution in [0.2, 0.25) is 0 Å². The van der Waals surface area contributed by atoms with Crippen LogP contribution in [-0.4, -0.2) is 29.9 Å². The highest BCUT2D eigenvalue weighted by Crippen LogP contribution is 2.26. The zero-order chi connectivity index (χ0) is 16.8. The summed E-state index contributed by atoms with van der Waals surface area (Å²) in [5.74, 6) is -0.0761. The van der Waals surface area contributed by atoms with Crippen molar-refractivity contribution in [1.29, 1.82) is 0 Å². The Morgan fingerprint density at radius 3 is 2.78 bits per heavy atom. The fraction of sp³-hybridized carbons (Fsp3) is 0.188. The number of thiocarbonyl (C=S) groups is 1. The number of hydrogen-bond acceptors (Lipinski definition) is 6. The largest absolute Gasteiger partial charge is 0.481 e. The van der Waals surface area contributed by atoms with Crippen LogP contribution >= 0.6 is 24.0 Å². The molecule has 5 nitrogen and oxygen atoms in total. The number of benzene rings is 1. The van der Waals surface area contributed by atoms with Crippen LogP contribution in [-0.2, 0) is 14.3 Å². The maximum atomic E-state index is 11.7. The number of ether oxygens (including phenoxy) is 2. The second-order valence-electron chi connectivity index (χ2n) is 4.64. The first-order chi connectivity index (χ1) is 11.0. The van der Waals surface area contributed by atoms with E-state index in [-0.39, 0.29) is 12.5 Å². The zero-order valence-corrected chi connectivity index (χ0v) is 14.3. The maximum Gasteiger partial charge on any atom is 0.343 e. The molecule has 1 fully saturated rings. The van der Waals surface area contributed by atoms with Crippen LogP contribution in [0.5, 0.6) is 5.75 Å². The number of rotatable bonds is 5. The molecule has 0 aromatic heterocycles. The van der Waals surface area contributed by atoms with E-state index in [0.29, 0.717) is 15.0 Å². The lowest BCUT2D eigenvalue weighted by molar-refractivity contribution is -0.142. The van der Waals surface area contributed by atoms with Crippen molar-refractivity contribution < 1.29 is 19.1 Å². The van der Waals surface area contributed by atoms with E-state index in [1.54, 1.807) is 12.1 Å². The number of esters is 1. The van der Waals surface area contributed by atoms with Gasteiger partial charge < -0.3 is 14.8 Å². The Labute approximate surface area is 143 Å². The Morgan fingerprint density at radius 2 is 2.13 bits per heavy atom. The van der Waals surface area contributed by atoms with E-state index < -0.39 is 5.97 Å². The predicted octanol–water partition coefficient (Wildman–Crippen LogP) is 2.67. The number of hydrogen-bond donors (Lipinski definition) is 1. The van der Waals surface area contributed by atoms with Gasteiger partial charge in [-0.3, -0.25) is 4.79 Å². The molecule has 0 aliphatic carbocycles. The van der Waals surface area contributed by atoms with Crippen molar-refractivity contribution in [2.75, 3.05) is 13.7 Å². The first-order valence-corrected chi connectivity index (χ1v) is 7.94. The monoisotopic (exact) mass is 349 g/mol. The van der Waals surface area contributed by atoms with Gasteiger partial charge in [0.15, 0.2) is 6.61 Å². The number of thioether (sulfide) groups is 1. The molecule has 1 amide bonds. The van der Waals surface area contributed by atoms with E-state index in [1.807, 2.05) is 31.2 Å². The van der Waals surface area contributed by atoms with Gasteiger partial charge >= 0.3 is 5.97 Å². The van der Waals surface area contributed by atoms with Gasteiger partial charge in [-0.25, -0.2) is 4.79 Å². The van der Waals surface area contributed by atoms with Gasteiger partial charge in [-0.05, 0) is 30.7 Å². The van der Waals surface area contributed by atoms with Crippen LogP contribution in [0, 0.1) is 0 Å². The van der Waals surface area contributed by atoms with Crippen LogP contribution in [0.3, 0.4) is 0 Å². The fourth-order valence-electron chi connectivity index (χ4n) is 1.84. The molecule has 1 N–H and O–H groups in total. The van der Waals surface area contributed by atoms with Gasteiger partial charge in [0, 0.05) is 5.56 Å². The Bertz CT molecular complexity index is 710. The van der Waals surface area contributed by atoms with E-state index in [0.717, 1.165) is 11.1 Å². The molecule has 1 saturated heterocycles. The summed E-state index contributed by atoms with van der Waals surface area (Å²) in [7, 11) is 1.31. The third kappa shape index (κ3) is 4.94. The Balaban J connectivity index is 2.18. The van der Waals surface area contributed by atoms with E-state index in [4.69, 9.17) is 17.0 Å². The Kier molecular flexibility index (Phi) is 5.95. The summed E-state index contributed by atoms with van der Waals surface area (Å²) >= 11 is 6.19. The number of nitrogens with one attached hydrogen (secondary N) is 1. The van der Waals surface area contributed by atoms with Crippen molar-refractivity contribution in [3.05, 3.63) is 46.4 Å². The molecule has 1 aromatic carbocycles. The predicted molar refractivity (Wildman–Crippen MR) is 94.0 cm³/mol. The Hall–Kier alpha value is -2.12. The minimum Gasteiger partial charge on any atom is -0.481 e. The van der Waals surface area contributed by atoms with Gasteiger partial charge in [0.25, 0.3) is 5.91 Å². The highest BCUT2D eigenvalue weighted by Gasteiger charge is 2.21. The average molecular weight is 349 g/mol. The molecule has 0 unspecified atom stereocenters. The van der Waals surface area contributed by atoms with Gasteiger partial charge in [0.1, 0.15) is 10.1 Å². The van der Waals surface area contributed by atoms with Gasteiger partial charge in [-0.1, -0.05) is 42.2 Å². The SMILES string of the molecule is COC(=O)COc1ccccc1C=C(C)C=C1SC(=S)NC1=O. The third-order valence-electron chi connectivity index (χ3n) is 2.88. The first-order valence-electron chi connectivity index (χ1n) is 6.71. The minimum absolute atomic E-state index is 0.159. The highest BCUT2D eigenvalue weighted by atomic mass is 32.2. The van der Waals surface area contributed by atoms with Crippen LogP contribution < -0.4 is 10.1 Å². The summed E-state index contributed by atoms with van der Waals surface area (Å²) in [6, 6.07) is 7.31. The number of carbonyl (C=O) groups is 2. The molecule has 0 bridgehead atoms. The summed E-state index contributed by atoms with van der Waals surface area (Å²) < 4.78 is 10.5. The third-order valence-corrected chi connectivity index (χ3v) is 4.04. The number of para-hydroxylation sites is 1. The molecule has 1 aliphatic rings. The minimum atomic E-state index is -0.449. The van der Waals surface area contributed by atoms with Gasteiger partial charge in [0.05, 0.1) is 12.0 Å². The molecule has 0 atom stereocenters. The standard InChI is InChI=1S/C16H15NO4S2/c1-10(8-13-15(19)17-16(22)23-13)7-11-5-3-4-6-12(11)21-9-14(18)20-2/h3-8H,9H2,1-2H3,(H,17,19,22). The van der Waals surface area contributed by atoms with Crippen molar-refractivity contribution in [2.24, 2.45) is 0 Å². The van der Waals surface area contributed by atoms with Crippen molar-refractivity contribution in [1.82, 2.24) is 5.32 Å². The van der Waals surface area contributed by atoms with Crippen LogP contribution in [0.25, 0.3) is 6.08 Å². The summed E-state index contributed by atoms with van der Waals surface area (Å²) in [6.07, 6.45) is 3.63.